The third-order valence-corrected chi connectivity index (χ3v) is 4.76. The van der Waals surface area contributed by atoms with E-state index in [1.54, 1.807) is 13.3 Å². The van der Waals surface area contributed by atoms with E-state index in [1.807, 2.05) is 37.3 Å². The molecule has 0 saturated carbocycles. The number of benzene rings is 2. The van der Waals surface area contributed by atoms with Gasteiger partial charge < -0.3 is 10.3 Å². The van der Waals surface area contributed by atoms with Gasteiger partial charge in [0.2, 0.25) is 0 Å². The topological polar surface area (TPSA) is 43.1 Å². The average Bonchev–Trinajstić information content (AvgIpc) is 2.28. The Morgan fingerprint density at radius 2 is 1.61 bits per heavy atom. The summed E-state index contributed by atoms with van der Waals surface area (Å²) in [5.41, 5.74) is 9.86. The smallest absolute Gasteiger partial charge is 0.112 e. The molecular formula is C15H18NOP. The minimum absolute atomic E-state index is 0.625. The van der Waals surface area contributed by atoms with Crippen molar-refractivity contribution in [1.29, 1.82) is 0 Å². The Morgan fingerprint density at radius 3 is 2.17 bits per heavy atom. The fourth-order valence-corrected chi connectivity index (χ4v) is 3.99. The van der Waals surface area contributed by atoms with Crippen molar-refractivity contribution in [3.8, 4) is 11.1 Å². The van der Waals surface area contributed by atoms with E-state index in [4.69, 9.17) is 5.73 Å². The third kappa shape index (κ3) is 2.34. The first-order chi connectivity index (χ1) is 8.41. The number of anilines is 1. The Hall–Kier alpha value is -1.53. The van der Waals surface area contributed by atoms with Crippen LogP contribution in [0.2, 0.25) is 0 Å². The zero-order chi connectivity index (χ0) is 13.3. The number of hydrogen-bond donors (Lipinski definition) is 1. The molecule has 0 aliphatic carbocycles. The van der Waals surface area contributed by atoms with E-state index in [2.05, 4.69) is 12.1 Å². The number of nitrogens with two attached hydrogens (primary N) is 1. The summed E-state index contributed by atoms with van der Waals surface area (Å²) in [6, 6.07) is 14.0. The van der Waals surface area contributed by atoms with E-state index in [-0.39, 0.29) is 0 Å². The van der Waals surface area contributed by atoms with Gasteiger partial charge in [0.05, 0.1) is 0 Å². The van der Waals surface area contributed by atoms with Gasteiger partial charge in [-0.25, -0.2) is 0 Å². The van der Waals surface area contributed by atoms with Crippen LogP contribution in [0.15, 0.2) is 42.5 Å². The molecule has 0 atom stereocenters. The van der Waals surface area contributed by atoms with E-state index in [1.165, 1.54) is 0 Å². The van der Waals surface area contributed by atoms with Crippen molar-refractivity contribution >= 4 is 18.1 Å². The minimum atomic E-state index is -2.37. The highest BCUT2D eigenvalue weighted by atomic mass is 31.2. The summed E-state index contributed by atoms with van der Waals surface area (Å²) in [6.07, 6.45) is 0. The molecule has 3 heteroatoms. The lowest BCUT2D eigenvalue weighted by atomic mass is 10.00. The fraction of sp³-hybridized carbons (Fsp3) is 0.200. The van der Waals surface area contributed by atoms with E-state index < -0.39 is 7.14 Å². The van der Waals surface area contributed by atoms with Crippen LogP contribution in [0.1, 0.15) is 5.56 Å². The normalized spacial score (nSPS) is 11.5. The maximum Gasteiger partial charge on any atom is 0.112 e. The highest BCUT2D eigenvalue weighted by molar-refractivity contribution is 7.70. The predicted molar refractivity (Wildman–Crippen MR) is 80.1 cm³/mol. The van der Waals surface area contributed by atoms with Crippen molar-refractivity contribution in [2.75, 3.05) is 19.1 Å². The first-order valence-electron chi connectivity index (χ1n) is 5.91. The van der Waals surface area contributed by atoms with Gasteiger partial charge in [-0.05, 0) is 43.0 Å². The zero-order valence-electron chi connectivity index (χ0n) is 11.0. The van der Waals surface area contributed by atoms with E-state index in [9.17, 15) is 4.57 Å². The first kappa shape index (κ1) is 12.9. The molecule has 0 saturated heterocycles. The molecule has 0 unspecified atom stereocenters. The fourth-order valence-electron chi connectivity index (χ4n) is 2.37. The first-order valence-corrected chi connectivity index (χ1v) is 8.51. The van der Waals surface area contributed by atoms with Gasteiger partial charge >= 0.3 is 0 Å². The van der Waals surface area contributed by atoms with Crippen LogP contribution in [0.5, 0.6) is 0 Å². The summed E-state index contributed by atoms with van der Waals surface area (Å²) in [7, 11) is -2.37. The van der Waals surface area contributed by atoms with Gasteiger partial charge in [0.1, 0.15) is 7.14 Å². The van der Waals surface area contributed by atoms with Crippen LogP contribution < -0.4 is 11.0 Å². The summed E-state index contributed by atoms with van der Waals surface area (Å²) in [5, 5.41) is 0.809. The highest BCUT2D eigenvalue weighted by Gasteiger charge is 2.19. The summed E-state index contributed by atoms with van der Waals surface area (Å²) in [4.78, 5) is 0. The summed E-state index contributed by atoms with van der Waals surface area (Å²) < 4.78 is 12.4. The molecule has 0 aliphatic heterocycles. The second-order valence-electron chi connectivity index (χ2n) is 4.89. The Kier molecular flexibility index (Phi) is 3.32. The molecule has 0 heterocycles. The number of rotatable bonds is 2. The van der Waals surface area contributed by atoms with E-state index in [0.717, 1.165) is 22.0 Å². The number of nitrogen functional groups attached to an aromatic ring is 1. The van der Waals surface area contributed by atoms with Gasteiger partial charge in [0.15, 0.2) is 0 Å². The molecule has 18 heavy (non-hydrogen) atoms. The molecule has 0 aliphatic rings. The van der Waals surface area contributed by atoms with E-state index in [0.29, 0.717) is 5.69 Å². The molecule has 0 spiro atoms. The SMILES string of the molecule is Cc1c(-c2ccccc2)ccc(N)c1P(C)(C)=O. The highest BCUT2D eigenvalue weighted by Crippen LogP contribution is 2.40. The maximum absolute atomic E-state index is 12.4. The van der Waals surface area contributed by atoms with Crippen LogP contribution in [0, 0.1) is 6.92 Å². The van der Waals surface area contributed by atoms with Crippen LogP contribution in [-0.4, -0.2) is 13.3 Å². The lowest BCUT2D eigenvalue weighted by molar-refractivity contribution is 0.588. The molecule has 2 aromatic rings. The van der Waals surface area contributed by atoms with Crippen LogP contribution in [0.25, 0.3) is 11.1 Å². The van der Waals surface area contributed by atoms with Crippen molar-refractivity contribution in [2.45, 2.75) is 6.92 Å². The standard InChI is InChI=1S/C15H18NOP/c1-11-13(12-7-5-4-6-8-12)9-10-14(16)15(11)18(2,3)17/h4-10H,16H2,1-3H3. The Balaban J connectivity index is 2.70. The Morgan fingerprint density at radius 1 is 1.00 bits per heavy atom. The Labute approximate surface area is 108 Å². The molecule has 2 N–H and O–H groups in total. The molecule has 2 rings (SSSR count). The number of hydrogen-bond acceptors (Lipinski definition) is 2. The molecule has 0 fully saturated rings. The van der Waals surface area contributed by atoms with Gasteiger partial charge in [-0.3, -0.25) is 0 Å². The molecule has 94 valence electrons. The molecular weight excluding hydrogens is 241 g/mol. The summed E-state index contributed by atoms with van der Waals surface area (Å²) in [6.45, 7) is 5.52. The van der Waals surface area contributed by atoms with Crippen LogP contribution in [0.3, 0.4) is 0 Å². The summed E-state index contributed by atoms with van der Waals surface area (Å²) >= 11 is 0. The molecule has 0 radical (unpaired) electrons. The van der Waals surface area contributed by atoms with Crippen LogP contribution in [-0.2, 0) is 4.57 Å². The third-order valence-electron chi connectivity index (χ3n) is 3.09. The monoisotopic (exact) mass is 259 g/mol. The molecule has 0 amide bonds. The van der Waals surface area contributed by atoms with Gasteiger partial charge in [0.25, 0.3) is 0 Å². The molecule has 0 aromatic heterocycles. The van der Waals surface area contributed by atoms with E-state index >= 15 is 0 Å². The van der Waals surface area contributed by atoms with Crippen molar-refractivity contribution in [1.82, 2.24) is 0 Å². The lowest BCUT2D eigenvalue weighted by Crippen LogP contribution is -2.14. The van der Waals surface area contributed by atoms with Gasteiger partial charge in [-0.1, -0.05) is 36.4 Å². The molecule has 0 bridgehead atoms. The average molecular weight is 259 g/mol. The second kappa shape index (κ2) is 4.62. The lowest BCUT2D eigenvalue weighted by Gasteiger charge is -2.17. The van der Waals surface area contributed by atoms with Crippen molar-refractivity contribution < 1.29 is 4.57 Å². The van der Waals surface area contributed by atoms with Gasteiger partial charge in [-0.2, -0.15) is 0 Å². The predicted octanol–water partition coefficient (Wildman–Crippen LogP) is 3.49. The van der Waals surface area contributed by atoms with Crippen molar-refractivity contribution in [3.05, 3.63) is 48.0 Å². The van der Waals surface area contributed by atoms with Gasteiger partial charge in [-0.15, -0.1) is 0 Å². The van der Waals surface area contributed by atoms with Crippen LogP contribution in [0.4, 0.5) is 5.69 Å². The van der Waals surface area contributed by atoms with Gasteiger partial charge in [0, 0.05) is 11.0 Å². The molecule has 2 aromatic carbocycles. The minimum Gasteiger partial charge on any atom is -0.398 e. The molecule has 2 nitrogen and oxygen atoms in total. The quantitative estimate of drug-likeness (QED) is 0.662. The second-order valence-corrected chi connectivity index (χ2v) is 8.04. The maximum atomic E-state index is 12.4. The Bertz CT molecular complexity index is 614. The van der Waals surface area contributed by atoms with Crippen molar-refractivity contribution in [2.24, 2.45) is 0 Å². The largest absolute Gasteiger partial charge is 0.398 e. The summed E-state index contributed by atoms with van der Waals surface area (Å²) in [5.74, 6) is 0. The zero-order valence-corrected chi connectivity index (χ0v) is 11.9. The van der Waals surface area contributed by atoms with Crippen LogP contribution >= 0.6 is 7.14 Å². The van der Waals surface area contributed by atoms with Crippen molar-refractivity contribution in [3.63, 3.8) is 0 Å².